The van der Waals surface area contributed by atoms with E-state index >= 15 is 0 Å². The smallest absolute Gasteiger partial charge is 0.321 e. The van der Waals surface area contributed by atoms with Crippen LogP contribution in [0.3, 0.4) is 0 Å². The summed E-state index contributed by atoms with van der Waals surface area (Å²) in [5.41, 5.74) is 0.782. The summed E-state index contributed by atoms with van der Waals surface area (Å²) >= 11 is 0. The van der Waals surface area contributed by atoms with Gasteiger partial charge in [0.1, 0.15) is 0 Å². The fraction of sp³-hybridized carbons (Fsp3) is 0.429. The van der Waals surface area contributed by atoms with Gasteiger partial charge in [0.05, 0.1) is 0 Å². The maximum absolute atomic E-state index is 13.9. The summed E-state index contributed by atoms with van der Waals surface area (Å²) in [6.07, 6.45) is -0.989. The number of carbonyl (C=O) groups excluding carboxylic acids is 2. The van der Waals surface area contributed by atoms with Gasteiger partial charge in [0.25, 0.3) is 5.91 Å². The van der Waals surface area contributed by atoms with Crippen LogP contribution in [0, 0.1) is 5.82 Å². The molecule has 0 aliphatic carbocycles. The van der Waals surface area contributed by atoms with Gasteiger partial charge in [-0.3, -0.25) is 10.1 Å². The summed E-state index contributed by atoms with van der Waals surface area (Å²) < 4.78 is 19.1. The summed E-state index contributed by atoms with van der Waals surface area (Å²) in [7, 11) is 1.39. The third-order valence-corrected chi connectivity index (χ3v) is 2.71. The largest absolute Gasteiger partial charge is 0.478 e. The monoisotopic (exact) mass is 297 g/mol. The van der Waals surface area contributed by atoms with Crippen LogP contribution in [0.15, 0.2) is 18.2 Å². The highest BCUT2D eigenvalue weighted by molar-refractivity contribution is 5.96. The van der Waals surface area contributed by atoms with Gasteiger partial charge in [-0.1, -0.05) is 13.0 Å². The number of amides is 3. The molecule has 0 heterocycles. The summed E-state index contributed by atoms with van der Waals surface area (Å²) in [6, 6.07) is 3.88. The molecule has 0 aliphatic rings. The van der Waals surface area contributed by atoms with Gasteiger partial charge >= 0.3 is 6.03 Å². The first-order chi connectivity index (χ1) is 9.97. The maximum atomic E-state index is 13.9. The Kier molecular flexibility index (Phi) is 6.61. The first-order valence-electron chi connectivity index (χ1n) is 6.66. The van der Waals surface area contributed by atoms with Crippen molar-refractivity contribution in [3.8, 4) is 5.75 Å². The van der Waals surface area contributed by atoms with E-state index in [1.807, 2.05) is 6.92 Å². The molecule has 1 unspecified atom stereocenters. The van der Waals surface area contributed by atoms with Crippen LogP contribution in [0.4, 0.5) is 9.18 Å². The molecule has 3 N–H and O–H groups in total. The topological polar surface area (TPSA) is 79.5 Å². The van der Waals surface area contributed by atoms with Gasteiger partial charge < -0.3 is 15.4 Å². The Labute approximate surface area is 123 Å². The van der Waals surface area contributed by atoms with Gasteiger partial charge in [0, 0.05) is 13.6 Å². The Morgan fingerprint density at radius 3 is 2.67 bits per heavy atom. The molecular weight excluding hydrogens is 277 g/mol. The first-order valence-corrected chi connectivity index (χ1v) is 6.66. The Balaban J connectivity index is 2.65. The van der Waals surface area contributed by atoms with E-state index < -0.39 is 23.9 Å². The molecule has 1 atom stereocenters. The zero-order valence-electron chi connectivity index (χ0n) is 12.3. The predicted octanol–water partition coefficient (Wildman–Crippen LogP) is 1.16. The highest BCUT2D eigenvalue weighted by Gasteiger charge is 2.18. The van der Waals surface area contributed by atoms with Crippen LogP contribution in [0.2, 0.25) is 0 Å². The molecule has 1 aromatic rings. The van der Waals surface area contributed by atoms with Crippen LogP contribution in [0.1, 0.15) is 19.4 Å². The van der Waals surface area contributed by atoms with Crippen LogP contribution in [-0.4, -0.2) is 31.6 Å². The van der Waals surface area contributed by atoms with Gasteiger partial charge in [-0.2, -0.15) is 0 Å². The van der Waals surface area contributed by atoms with Crippen molar-refractivity contribution in [1.29, 1.82) is 0 Å². The number of carbonyl (C=O) groups is 2. The van der Waals surface area contributed by atoms with Crippen molar-refractivity contribution in [1.82, 2.24) is 16.0 Å². The van der Waals surface area contributed by atoms with Crippen molar-refractivity contribution < 1.29 is 18.7 Å². The Morgan fingerprint density at radius 1 is 1.38 bits per heavy atom. The molecule has 1 rings (SSSR count). The van der Waals surface area contributed by atoms with Crippen molar-refractivity contribution in [2.45, 2.75) is 26.5 Å². The van der Waals surface area contributed by atoms with E-state index in [9.17, 15) is 14.0 Å². The highest BCUT2D eigenvalue weighted by atomic mass is 19.1. The minimum atomic E-state index is -0.989. The summed E-state index contributed by atoms with van der Waals surface area (Å²) in [5.74, 6) is -1.23. The lowest BCUT2D eigenvalue weighted by atomic mass is 10.2. The number of hydrogen-bond donors (Lipinski definition) is 3. The third kappa shape index (κ3) is 5.39. The fourth-order valence-corrected chi connectivity index (χ4v) is 1.54. The minimum Gasteiger partial charge on any atom is -0.478 e. The van der Waals surface area contributed by atoms with E-state index in [4.69, 9.17) is 4.74 Å². The highest BCUT2D eigenvalue weighted by Crippen LogP contribution is 2.19. The lowest BCUT2D eigenvalue weighted by Crippen LogP contribution is -2.44. The van der Waals surface area contributed by atoms with E-state index in [0.29, 0.717) is 6.54 Å². The Hall–Kier alpha value is -2.15. The molecule has 7 heteroatoms. The van der Waals surface area contributed by atoms with Crippen molar-refractivity contribution >= 4 is 11.9 Å². The molecule has 0 aromatic heterocycles. The van der Waals surface area contributed by atoms with Crippen molar-refractivity contribution in [3.05, 3.63) is 29.6 Å². The lowest BCUT2D eigenvalue weighted by Gasteiger charge is -2.15. The first kappa shape index (κ1) is 16.9. The standard InChI is InChI=1S/C14H20FN3O3/c1-4-17-8-10-5-6-12(11(15)7-10)21-9(2)13(19)18-14(20)16-3/h5-7,9,17H,4,8H2,1-3H3,(H2,16,18,19,20). The Bertz CT molecular complexity index is 508. The summed E-state index contributed by atoms with van der Waals surface area (Å²) in [5, 5.41) is 7.39. The van der Waals surface area contributed by atoms with Gasteiger partial charge in [0.2, 0.25) is 0 Å². The quantitative estimate of drug-likeness (QED) is 0.736. The molecule has 6 nitrogen and oxygen atoms in total. The average molecular weight is 297 g/mol. The molecule has 116 valence electrons. The van der Waals surface area contributed by atoms with Crippen LogP contribution in [0.5, 0.6) is 5.75 Å². The predicted molar refractivity (Wildman–Crippen MR) is 76.5 cm³/mol. The molecule has 0 aliphatic heterocycles. The Morgan fingerprint density at radius 2 is 2.10 bits per heavy atom. The molecule has 21 heavy (non-hydrogen) atoms. The minimum absolute atomic E-state index is 0.0326. The summed E-state index contributed by atoms with van der Waals surface area (Å²) in [4.78, 5) is 22.6. The molecule has 0 bridgehead atoms. The number of halogens is 1. The number of rotatable bonds is 6. The van der Waals surface area contributed by atoms with E-state index in [2.05, 4.69) is 16.0 Å². The van der Waals surface area contributed by atoms with Gasteiger partial charge in [0.15, 0.2) is 17.7 Å². The molecule has 0 fully saturated rings. The van der Waals surface area contributed by atoms with E-state index in [1.54, 1.807) is 6.07 Å². The van der Waals surface area contributed by atoms with E-state index in [-0.39, 0.29) is 5.75 Å². The third-order valence-electron chi connectivity index (χ3n) is 2.71. The van der Waals surface area contributed by atoms with Gasteiger partial charge in [-0.25, -0.2) is 9.18 Å². The van der Waals surface area contributed by atoms with Crippen molar-refractivity contribution in [3.63, 3.8) is 0 Å². The van der Waals surface area contributed by atoms with Crippen molar-refractivity contribution in [2.75, 3.05) is 13.6 Å². The molecule has 1 aromatic carbocycles. The number of benzene rings is 1. The van der Waals surface area contributed by atoms with Crippen LogP contribution >= 0.6 is 0 Å². The van der Waals surface area contributed by atoms with Crippen LogP contribution in [-0.2, 0) is 11.3 Å². The molecule has 0 spiro atoms. The molecule has 3 amide bonds. The second-order valence-corrected chi connectivity index (χ2v) is 4.37. The molecule has 0 saturated heterocycles. The molecule has 0 saturated carbocycles. The van der Waals surface area contributed by atoms with Crippen molar-refractivity contribution in [2.24, 2.45) is 0 Å². The molecular formula is C14H20FN3O3. The zero-order valence-corrected chi connectivity index (χ0v) is 12.3. The fourth-order valence-electron chi connectivity index (χ4n) is 1.54. The number of hydrogen-bond acceptors (Lipinski definition) is 4. The SMILES string of the molecule is CCNCc1ccc(OC(C)C(=O)NC(=O)NC)c(F)c1. The second kappa shape index (κ2) is 8.21. The number of imide groups is 1. The van der Waals surface area contributed by atoms with E-state index in [0.717, 1.165) is 12.1 Å². The van der Waals surface area contributed by atoms with Crippen LogP contribution in [0.25, 0.3) is 0 Å². The van der Waals surface area contributed by atoms with Gasteiger partial charge in [-0.15, -0.1) is 0 Å². The second-order valence-electron chi connectivity index (χ2n) is 4.37. The zero-order chi connectivity index (χ0) is 15.8. The molecule has 0 radical (unpaired) electrons. The number of urea groups is 1. The average Bonchev–Trinajstić information content (AvgIpc) is 2.47. The summed E-state index contributed by atoms with van der Waals surface area (Å²) in [6.45, 7) is 4.74. The lowest BCUT2D eigenvalue weighted by molar-refractivity contribution is -0.126. The number of nitrogens with one attached hydrogen (secondary N) is 3. The van der Waals surface area contributed by atoms with E-state index in [1.165, 1.54) is 26.1 Å². The van der Waals surface area contributed by atoms with Crippen LogP contribution < -0.4 is 20.7 Å². The normalized spacial score (nSPS) is 11.6. The maximum Gasteiger partial charge on any atom is 0.321 e. The number of ether oxygens (including phenoxy) is 1. The van der Waals surface area contributed by atoms with Gasteiger partial charge in [-0.05, 0) is 31.2 Å².